The lowest BCUT2D eigenvalue weighted by atomic mass is 10.7. The van der Waals surface area contributed by atoms with E-state index < -0.39 is 26.7 Å². The van der Waals surface area contributed by atoms with Gasteiger partial charge in [-0.25, -0.2) is 4.57 Å². The standard InChI is InChI=1S/C10H23O7P/c1-7-14-10(4)17-18(11,15-8(2)12-5)16-9(3)13-6/h8-10H,7H2,1-6H3. The first-order valence-corrected chi connectivity index (χ1v) is 7.15. The average Bonchev–Trinajstić information content (AvgIpc) is 2.28. The van der Waals surface area contributed by atoms with Crippen molar-refractivity contribution in [2.75, 3.05) is 20.8 Å². The Morgan fingerprint density at radius 2 is 1.28 bits per heavy atom. The molecule has 0 aromatic carbocycles. The first-order chi connectivity index (χ1) is 8.36. The molecule has 0 saturated heterocycles. The van der Waals surface area contributed by atoms with Crippen molar-refractivity contribution in [3.63, 3.8) is 0 Å². The highest BCUT2D eigenvalue weighted by Crippen LogP contribution is 2.52. The normalized spacial score (nSPS) is 20.1. The summed E-state index contributed by atoms with van der Waals surface area (Å²) in [6, 6.07) is 0. The summed E-state index contributed by atoms with van der Waals surface area (Å²) in [5.74, 6) is 0. The first kappa shape index (κ1) is 18.0. The van der Waals surface area contributed by atoms with Gasteiger partial charge in [-0.2, -0.15) is 0 Å². The van der Waals surface area contributed by atoms with E-state index in [1.807, 2.05) is 0 Å². The molecule has 0 N–H and O–H groups in total. The predicted octanol–water partition coefficient (Wildman–Crippen LogP) is 2.51. The van der Waals surface area contributed by atoms with Gasteiger partial charge in [0.1, 0.15) is 0 Å². The highest BCUT2D eigenvalue weighted by molar-refractivity contribution is 7.48. The maximum atomic E-state index is 12.3. The Labute approximate surface area is 108 Å². The van der Waals surface area contributed by atoms with Gasteiger partial charge in [-0.1, -0.05) is 0 Å². The van der Waals surface area contributed by atoms with Crippen LogP contribution in [0.25, 0.3) is 0 Å². The van der Waals surface area contributed by atoms with Crippen LogP contribution in [0, 0.1) is 0 Å². The van der Waals surface area contributed by atoms with Crippen LogP contribution in [0.1, 0.15) is 27.7 Å². The lowest BCUT2D eigenvalue weighted by Crippen LogP contribution is -2.20. The zero-order chi connectivity index (χ0) is 14.2. The molecule has 7 nitrogen and oxygen atoms in total. The molecule has 8 heteroatoms. The summed E-state index contributed by atoms with van der Waals surface area (Å²) in [6.45, 7) is 6.95. The number of ether oxygens (including phenoxy) is 3. The molecule has 0 aromatic rings. The third kappa shape index (κ3) is 7.43. The summed E-state index contributed by atoms with van der Waals surface area (Å²) in [4.78, 5) is 0. The van der Waals surface area contributed by atoms with Crippen LogP contribution in [0.4, 0.5) is 0 Å². The van der Waals surface area contributed by atoms with Gasteiger partial charge in [0.15, 0.2) is 18.9 Å². The molecule has 0 bridgehead atoms. The van der Waals surface area contributed by atoms with E-state index in [1.54, 1.807) is 27.7 Å². The van der Waals surface area contributed by atoms with Crippen LogP contribution in [0.3, 0.4) is 0 Å². The van der Waals surface area contributed by atoms with Gasteiger partial charge in [0.05, 0.1) is 0 Å². The summed E-state index contributed by atoms with van der Waals surface area (Å²) in [6.07, 6.45) is -2.21. The fraction of sp³-hybridized carbons (Fsp3) is 1.00. The molecule has 0 fully saturated rings. The van der Waals surface area contributed by atoms with Crippen LogP contribution < -0.4 is 0 Å². The van der Waals surface area contributed by atoms with Gasteiger partial charge in [-0.3, -0.25) is 13.6 Å². The SMILES string of the molecule is CCOC(C)OP(=O)(OC(C)OC)OC(C)OC. The van der Waals surface area contributed by atoms with Crippen molar-refractivity contribution in [2.45, 2.75) is 46.6 Å². The van der Waals surface area contributed by atoms with Gasteiger partial charge in [-0.15, -0.1) is 0 Å². The molecule has 0 aliphatic carbocycles. The Hall–Kier alpha value is -0.0100. The van der Waals surface area contributed by atoms with Crippen LogP contribution >= 0.6 is 7.82 Å². The van der Waals surface area contributed by atoms with E-state index >= 15 is 0 Å². The highest BCUT2D eigenvalue weighted by atomic mass is 31.2. The fourth-order valence-corrected chi connectivity index (χ4v) is 2.44. The number of phosphoric acid groups is 1. The molecule has 0 saturated carbocycles. The van der Waals surface area contributed by atoms with Gasteiger partial charge < -0.3 is 14.2 Å². The molecule has 0 aliphatic heterocycles. The Bertz CT molecular complexity index is 245. The van der Waals surface area contributed by atoms with Crippen molar-refractivity contribution in [1.29, 1.82) is 0 Å². The molecule has 3 unspecified atom stereocenters. The van der Waals surface area contributed by atoms with Crippen LogP contribution in [0.2, 0.25) is 0 Å². The highest BCUT2D eigenvalue weighted by Gasteiger charge is 2.34. The van der Waals surface area contributed by atoms with Crippen molar-refractivity contribution in [1.82, 2.24) is 0 Å². The van der Waals surface area contributed by atoms with Crippen molar-refractivity contribution >= 4 is 7.82 Å². The van der Waals surface area contributed by atoms with Gasteiger partial charge in [0.25, 0.3) is 0 Å². The minimum atomic E-state index is -3.83. The monoisotopic (exact) mass is 286 g/mol. The van der Waals surface area contributed by atoms with E-state index in [0.717, 1.165) is 0 Å². The lowest BCUT2D eigenvalue weighted by Gasteiger charge is -2.25. The third-order valence-electron chi connectivity index (χ3n) is 1.90. The topological polar surface area (TPSA) is 72.5 Å². The molecule has 3 atom stereocenters. The zero-order valence-corrected chi connectivity index (χ0v) is 12.6. The van der Waals surface area contributed by atoms with Gasteiger partial charge >= 0.3 is 7.82 Å². The van der Waals surface area contributed by atoms with Crippen molar-refractivity contribution < 1.29 is 32.3 Å². The summed E-state index contributed by atoms with van der Waals surface area (Å²) < 4.78 is 42.6. The van der Waals surface area contributed by atoms with Crippen molar-refractivity contribution in [3.05, 3.63) is 0 Å². The second-order valence-electron chi connectivity index (χ2n) is 3.39. The number of phosphoric ester groups is 1. The average molecular weight is 286 g/mol. The maximum absolute atomic E-state index is 12.3. The molecule has 0 heterocycles. The number of rotatable bonds is 10. The Balaban J connectivity index is 4.63. The second kappa shape index (κ2) is 8.98. The van der Waals surface area contributed by atoms with Gasteiger partial charge in [-0.05, 0) is 27.7 Å². The largest absolute Gasteiger partial charge is 0.481 e. The molecule has 0 rings (SSSR count). The third-order valence-corrected chi connectivity index (χ3v) is 3.56. The Morgan fingerprint density at radius 3 is 1.61 bits per heavy atom. The fourth-order valence-electron chi connectivity index (χ4n) is 0.971. The van der Waals surface area contributed by atoms with Crippen LogP contribution in [0.15, 0.2) is 0 Å². The molecule has 110 valence electrons. The predicted molar refractivity (Wildman–Crippen MR) is 64.9 cm³/mol. The summed E-state index contributed by atoms with van der Waals surface area (Å²) >= 11 is 0. The van der Waals surface area contributed by atoms with E-state index in [2.05, 4.69) is 0 Å². The number of hydrogen-bond donors (Lipinski definition) is 0. The smallest absolute Gasteiger partial charge is 0.356 e. The molecular formula is C10H23O7P. The van der Waals surface area contributed by atoms with Gasteiger partial charge in [0, 0.05) is 20.8 Å². The first-order valence-electron chi connectivity index (χ1n) is 5.69. The van der Waals surface area contributed by atoms with Crippen molar-refractivity contribution in [2.24, 2.45) is 0 Å². The lowest BCUT2D eigenvalue weighted by molar-refractivity contribution is -0.135. The molecular weight excluding hydrogens is 263 g/mol. The zero-order valence-electron chi connectivity index (χ0n) is 11.7. The maximum Gasteiger partial charge on any atom is 0.481 e. The van der Waals surface area contributed by atoms with E-state index in [0.29, 0.717) is 6.61 Å². The van der Waals surface area contributed by atoms with Crippen molar-refractivity contribution in [3.8, 4) is 0 Å². The van der Waals surface area contributed by atoms with Crippen LogP contribution in [-0.4, -0.2) is 39.7 Å². The minimum Gasteiger partial charge on any atom is -0.356 e. The van der Waals surface area contributed by atoms with E-state index in [1.165, 1.54) is 14.2 Å². The molecule has 0 aromatic heterocycles. The van der Waals surface area contributed by atoms with Crippen LogP contribution in [-0.2, 0) is 32.3 Å². The van der Waals surface area contributed by atoms with Gasteiger partial charge in [0.2, 0.25) is 0 Å². The van der Waals surface area contributed by atoms with Crippen LogP contribution in [0.5, 0.6) is 0 Å². The number of methoxy groups -OCH3 is 2. The molecule has 18 heavy (non-hydrogen) atoms. The molecule has 0 spiro atoms. The summed E-state index contributed by atoms with van der Waals surface area (Å²) in [5, 5.41) is 0. The second-order valence-corrected chi connectivity index (χ2v) is 4.92. The quantitative estimate of drug-likeness (QED) is 0.451. The molecule has 0 amide bonds. The van der Waals surface area contributed by atoms with E-state index in [-0.39, 0.29) is 0 Å². The van der Waals surface area contributed by atoms with E-state index in [4.69, 9.17) is 27.8 Å². The summed E-state index contributed by atoms with van der Waals surface area (Å²) in [5.41, 5.74) is 0. The molecule has 0 aliphatic rings. The number of hydrogen-bond acceptors (Lipinski definition) is 7. The molecule has 0 radical (unpaired) electrons. The minimum absolute atomic E-state index is 0.417. The summed E-state index contributed by atoms with van der Waals surface area (Å²) in [7, 11) is -0.991. The Kier molecular flexibility index (Phi) is 8.98. The Morgan fingerprint density at radius 1 is 0.889 bits per heavy atom. The van der Waals surface area contributed by atoms with E-state index in [9.17, 15) is 4.57 Å².